The van der Waals surface area contributed by atoms with Crippen LogP contribution < -0.4 is 5.32 Å². The highest BCUT2D eigenvalue weighted by Crippen LogP contribution is 2.19. The predicted molar refractivity (Wildman–Crippen MR) is 76.4 cm³/mol. The first-order chi connectivity index (χ1) is 8.58. The van der Waals surface area contributed by atoms with Crippen molar-refractivity contribution in [1.82, 2.24) is 9.55 Å². The molecule has 1 N–H and O–H groups in total. The Morgan fingerprint density at radius 2 is 1.72 bits per heavy atom. The van der Waals surface area contributed by atoms with Gasteiger partial charge >= 0.3 is 0 Å². The van der Waals surface area contributed by atoms with E-state index in [0.29, 0.717) is 12.0 Å². The van der Waals surface area contributed by atoms with Gasteiger partial charge in [0, 0.05) is 24.1 Å². The molecule has 0 bridgehead atoms. The van der Waals surface area contributed by atoms with E-state index < -0.39 is 0 Å². The zero-order valence-corrected chi connectivity index (χ0v) is 11.5. The van der Waals surface area contributed by atoms with Crippen LogP contribution in [0.25, 0.3) is 5.69 Å². The third-order valence-corrected chi connectivity index (χ3v) is 2.90. The smallest absolute Gasteiger partial charge is 0.207 e. The minimum absolute atomic E-state index is 0.376. The Morgan fingerprint density at radius 3 is 2.28 bits per heavy atom. The second kappa shape index (κ2) is 5.25. The van der Waals surface area contributed by atoms with Crippen LogP contribution in [0.1, 0.15) is 39.2 Å². The maximum absolute atomic E-state index is 4.34. The fraction of sp³-hybridized carbons (Fsp3) is 0.400. The van der Waals surface area contributed by atoms with Gasteiger partial charge in [-0.25, -0.2) is 4.98 Å². The third kappa shape index (κ3) is 2.73. The molecular formula is C15H21N3. The van der Waals surface area contributed by atoms with E-state index in [4.69, 9.17) is 0 Å². The van der Waals surface area contributed by atoms with Gasteiger partial charge < -0.3 is 5.32 Å². The average molecular weight is 243 g/mol. The van der Waals surface area contributed by atoms with E-state index in [1.165, 1.54) is 5.56 Å². The Kier molecular flexibility index (Phi) is 3.70. The molecule has 0 atom stereocenters. The van der Waals surface area contributed by atoms with Crippen LogP contribution in [0.15, 0.2) is 36.7 Å². The maximum Gasteiger partial charge on any atom is 0.207 e. The molecule has 0 saturated heterocycles. The van der Waals surface area contributed by atoms with Crippen molar-refractivity contribution < 1.29 is 0 Å². The minimum Gasteiger partial charge on any atom is -0.353 e. The molecule has 1 heterocycles. The highest BCUT2D eigenvalue weighted by molar-refractivity contribution is 5.43. The van der Waals surface area contributed by atoms with E-state index in [0.717, 1.165) is 11.6 Å². The van der Waals surface area contributed by atoms with Crippen molar-refractivity contribution in [2.75, 3.05) is 5.32 Å². The number of hydrogen-bond donors (Lipinski definition) is 1. The SMILES string of the molecule is CC(C)Nc1nccn1-c1ccc(C(C)C)cc1. The van der Waals surface area contributed by atoms with E-state index in [-0.39, 0.29) is 0 Å². The lowest BCUT2D eigenvalue weighted by atomic mass is 10.0. The Morgan fingerprint density at radius 1 is 1.06 bits per heavy atom. The lowest BCUT2D eigenvalue weighted by molar-refractivity contribution is 0.857. The molecule has 0 fully saturated rings. The molecule has 18 heavy (non-hydrogen) atoms. The van der Waals surface area contributed by atoms with Crippen LogP contribution in [0.4, 0.5) is 5.95 Å². The van der Waals surface area contributed by atoms with Gasteiger partial charge in [0.15, 0.2) is 0 Å². The van der Waals surface area contributed by atoms with Crippen LogP contribution in [0.3, 0.4) is 0 Å². The molecule has 0 aliphatic carbocycles. The molecule has 0 radical (unpaired) electrons. The van der Waals surface area contributed by atoms with E-state index in [9.17, 15) is 0 Å². The molecular weight excluding hydrogens is 222 g/mol. The van der Waals surface area contributed by atoms with Gasteiger partial charge in [0.2, 0.25) is 5.95 Å². The van der Waals surface area contributed by atoms with Gasteiger partial charge in [-0.05, 0) is 37.5 Å². The average Bonchev–Trinajstić information content (AvgIpc) is 2.76. The summed E-state index contributed by atoms with van der Waals surface area (Å²) in [5, 5.41) is 3.34. The first-order valence-corrected chi connectivity index (χ1v) is 6.48. The Balaban J connectivity index is 2.28. The zero-order valence-electron chi connectivity index (χ0n) is 11.5. The summed E-state index contributed by atoms with van der Waals surface area (Å²) < 4.78 is 2.07. The standard InChI is InChI=1S/C15H21N3/c1-11(2)13-5-7-14(8-6-13)18-10-9-16-15(18)17-12(3)4/h5-12H,1-4H3,(H,16,17). The molecule has 0 amide bonds. The lowest BCUT2D eigenvalue weighted by Crippen LogP contribution is -2.13. The zero-order chi connectivity index (χ0) is 13.1. The quantitative estimate of drug-likeness (QED) is 0.884. The Hall–Kier alpha value is -1.77. The van der Waals surface area contributed by atoms with Crippen molar-refractivity contribution in [3.63, 3.8) is 0 Å². The van der Waals surface area contributed by atoms with Crippen LogP contribution in [0.2, 0.25) is 0 Å². The Bertz CT molecular complexity index is 495. The fourth-order valence-electron chi connectivity index (χ4n) is 1.90. The Labute approximate surface area is 109 Å². The summed E-state index contributed by atoms with van der Waals surface area (Å²) in [6.45, 7) is 8.64. The van der Waals surface area contributed by atoms with Gasteiger partial charge in [0.25, 0.3) is 0 Å². The van der Waals surface area contributed by atoms with Crippen LogP contribution in [0, 0.1) is 0 Å². The van der Waals surface area contributed by atoms with Crippen molar-refractivity contribution >= 4 is 5.95 Å². The maximum atomic E-state index is 4.34. The normalized spacial score (nSPS) is 11.2. The van der Waals surface area contributed by atoms with Crippen molar-refractivity contribution in [3.05, 3.63) is 42.2 Å². The number of imidazole rings is 1. The number of nitrogens with one attached hydrogen (secondary N) is 1. The molecule has 96 valence electrons. The second-order valence-electron chi connectivity index (χ2n) is 5.17. The summed E-state index contributed by atoms with van der Waals surface area (Å²) in [4.78, 5) is 4.34. The molecule has 3 heteroatoms. The van der Waals surface area contributed by atoms with Gasteiger partial charge in [0.1, 0.15) is 0 Å². The van der Waals surface area contributed by atoms with Crippen LogP contribution in [-0.4, -0.2) is 15.6 Å². The lowest BCUT2D eigenvalue weighted by Gasteiger charge is -2.13. The van der Waals surface area contributed by atoms with Crippen molar-refractivity contribution in [2.24, 2.45) is 0 Å². The number of nitrogens with zero attached hydrogens (tertiary/aromatic N) is 2. The van der Waals surface area contributed by atoms with Crippen LogP contribution in [-0.2, 0) is 0 Å². The van der Waals surface area contributed by atoms with Gasteiger partial charge in [-0.2, -0.15) is 0 Å². The molecule has 0 saturated carbocycles. The molecule has 2 aromatic rings. The molecule has 0 spiro atoms. The highest BCUT2D eigenvalue weighted by Gasteiger charge is 2.06. The van der Waals surface area contributed by atoms with Gasteiger partial charge in [-0.15, -0.1) is 0 Å². The van der Waals surface area contributed by atoms with E-state index in [2.05, 4.69) is 66.8 Å². The molecule has 1 aromatic carbocycles. The van der Waals surface area contributed by atoms with E-state index >= 15 is 0 Å². The van der Waals surface area contributed by atoms with Crippen molar-refractivity contribution in [1.29, 1.82) is 0 Å². The summed E-state index contributed by atoms with van der Waals surface area (Å²) in [5.41, 5.74) is 2.50. The monoisotopic (exact) mass is 243 g/mol. The third-order valence-electron chi connectivity index (χ3n) is 2.90. The van der Waals surface area contributed by atoms with Gasteiger partial charge in [0.05, 0.1) is 0 Å². The van der Waals surface area contributed by atoms with E-state index in [1.54, 1.807) is 0 Å². The minimum atomic E-state index is 0.376. The van der Waals surface area contributed by atoms with Crippen LogP contribution >= 0.6 is 0 Å². The largest absolute Gasteiger partial charge is 0.353 e. The summed E-state index contributed by atoms with van der Waals surface area (Å²) in [6, 6.07) is 9.02. The second-order valence-corrected chi connectivity index (χ2v) is 5.17. The molecule has 0 aliphatic rings. The van der Waals surface area contributed by atoms with E-state index in [1.807, 2.05) is 12.4 Å². The van der Waals surface area contributed by atoms with Crippen LogP contribution in [0.5, 0.6) is 0 Å². The highest BCUT2D eigenvalue weighted by atomic mass is 15.2. The molecule has 0 unspecified atom stereocenters. The van der Waals surface area contributed by atoms with Crippen molar-refractivity contribution in [3.8, 4) is 5.69 Å². The molecule has 2 rings (SSSR count). The summed E-state index contributed by atoms with van der Waals surface area (Å²) in [5.74, 6) is 1.46. The number of aromatic nitrogens is 2. The van der Waals surface area contributed by atoms with Crippen molar-refractivity contribution in [2.45, 2.75) is 39.7 Å². The number of hydrogen-bond acceptors (Lipinski definition) is 2. The van der Waals surface area contributed by atoms with Gasteiger partial charge in [-0.1, -0.05) is 26.0 Å². The topological polar surface area (TPSA) is 29.9 Å². The first kappa shape index (κ1) is 12.7. The fourth-order valence-corrected chi connectivity index (χ4v) is 1.90. The molecule has 1 aromatic heterocycles. The number of anilines is 1. The first-order valence-electron chi connectivity index (χ1n) is 6.48. The predicted octanol–water partition coefficient (Wildman–Crippen LogP) is 3.82. The number of rotatable bonds is 4. The summed E-state index contributed by atoms with van der Waals surface area (Å²) >= 11 is 0. The molecule has 3 nitrogen and oxygen atoms in total. The number of benzene rings is 1. The summed E-state index contributed by atoms with van der Waals surface area (Å²) in [6.07, 6.45) is 3.80. The van der Waals surface area contributed by atoms with Gasteiger partial charge in [-0.3, -0.25) is 4.57 Å². The summed E-state index contributed by atoms with van der Waals surface area (Å²) in [7, 11) is 0. The molecule has 0 aliphatic heterocycles.